The fourth-order valence-electron chi connectivity index (χ4n) is 2.63. The second-order valence-electron chi connectivity index (χ2n) is 5.41. The Balaban J connectivity index is 1.69. The van der Waals surface area contributed by atoms with Crippen LogP contribution in [0.1, 0.15) is 22.3 Å². The Morgan fingerprint density at radius 2 is 2.05 bits per heavy atom. The molecule has 0 bridgehead atoms. The highest BCUT2D eigenvalue weighted by molar-refractivity contribution is 5.91. The minimum atomic E-state index is 0.0611. The zero-order valence-corrected chi connectivity index (χ0v) is 12.1. The van der Waals surface area contributed by atoms with Gasteiger partial charge in [0, 0.05) is 31.6 Å². The molecule has 106 valence electrons. The molecule has 2 aromatic rings. The van der Waals surface area contributed by atoms with Gasteiger partial charge in [0.2, 0.25) is 5.91 Å². The molecule has 0 radical (unpaired) electrons. The number of fused-ring (bicyclic) bond motifs is 1. The molecule has 0 saturated carbocycles. The van der Waals surface area contributed by atoms with Crippen molar-refractivity contribution in [3.8, 4) is 0 Å². The van der Waals surface area contributed by atoms with E-state index in [0.717, 1.165) is 24.1 Å². The summed E-state index contributed by atoms with van der Waals surface area (Å²) in [6.45, 7) is 3.48. The van der Waals surface area contributed by atoms with E-state index in [2.05, 4.69) is 23.2 Å². The summed E-state index contributed by atoms with van der Waals surface area (Å²) in [7, 11) is 0. The molecule has 0 spiro atoms. The van der Waals surface area contributed by atoms with E-state index in [1.807, 2.05) is 30.0 Å². The van der Waals surface area contributed by atoms with Crippen LogP contribution in [0.4, 0.5) is 0 Å². The lowest BCUT2D eigenvalue weighted by Gasteiger charge is -2.27. The van der Waals surface area contributed by atoms with Crippen molar-refractivity contribution >= 4 is 12.0 Å². The fraction of sp³-hybridized carbons (Fsp3) is 0.222. The summed E-state index contributed by atoms with van der Waals surface area (Å²) in [5, 5.41) is 0. The second kappa shape index (κ2) is 5.92. The summed E-state index contributed by atoms with van der Waals surface area (Å²) in [6, 6.07) is 10.3. The molecule has 1 aromatic carbocycles. The van der Waals surface area contributed by atoms with Crippen LogP contribution in [-0.4, -0.2) is 22.3 Å². The summed E-state index contributed by atoms with van der Waals surface area (Å²) in [5.41, 5.74) is 4.66. The number of carbonyl (C=O) groups excluding carboxylic acids is 1. The third kappa shape index (κ3) is 3.19. The van der Waals surface area contributed by atoms with Gasteiger partial charge in [-0.15, -0.1) is 0 Å². The molecule has 3 nitrogen and oxygen atoms in total. The van der Waals surface area contributed by atoms with Gasteiger partial charge in [0.25, 0.3) is 0 Å². The molecule has 21 heavy (non-hydrogen) atoms. The van der Waals surface area contributed by atoms with Crippen LogP contribution >= 0.6 is 0 Å². The van der Waals surface area contributed by atoms with E-state index in [-0.39, 0.29) is 5.91 Å². The lowest BCUT2D eigenvalue weighted by atomic mass is 10.00. The van der Waals surface area contributed by atoms with E-state index < -0.39 is 0 Å². The van der Waals surface area contributed by atoms with Crippen molar-refractivity contribution in [2.45, 2.75) is 19.9 Å². The zero-order chi connectivity index (χ0) is 14.7. The van der Waals surface area contributed by atoms with Crippen LogP contribution in [0.15, 0.2) is 48.8 Å². The Hall–Kier alpha value is -2.42. The maximum atomic E-state index is 12.3. The molecule has 3 rings (SSSR count). The van der Waals surface area contributed by atoms with Crippen molar-refractivity contribution in [3.63, 3.8) is 0 Å². The van der Waals surface area contributed by atoms with Gasteiger partial charge >= 0.3 is 0 Å². The summed E-state index contributed by atoms with van der Waals surface area (Å²) in [6.07, 6.45) is 7.98. The van der Waals surface area contributed by atoms with E-state index in [1.165, 1.54) is 11.1 Å². The van der Waals surface area contributed by atoms with E-state index in [0.29, 0.717) is 6.54 Å². The summed E-state index contributed by atoms with van der Waals surface area (Å²) in [5.74, 6) is 0.0611. The average molecular weight is 278 g/mol. The summed E-state index contributed by atoms with van der Waals surface area (Å²) >= 11 is 0. The summed E-state index contributed by atoms with van der Waals surface area (Å²) < 4.78 is 0. The number of hydrogen-bond acceptors (Lipinski definition) is 2. The standard InChI is InChI=1S/C18H18N2O/c1-14-10-15(12-19-11-14)6-7-18(21)20-9-8-16-4-2-3-5-17(16)13-20/h2-7,10-12H,8-9,13H2,1H3/b7-6+. The molecule has 0 aliphatic carbocycles. The second-order valence-corrected chi connectivity index (χ2v) is 5.41. The van der Waals surface area contributed by atoms with Crippen LogP contribution in [0.2, 0.25) is 0 Å². The highest BCUT2D eigenvalue weighted by atomic mass is 16.2. The average Bonchev–Trinajstić information content (AvgIpc) is 2.52. The van der Waals surface area contributed by atoms with Crippen molar-refractivity contribution in [2.75, 3.05) is 6.54 Å². The Morgan fingerprint density at radius 1 is 1.24 bits per heavy atom. The topological polar surface area (TPSA) is 33.2 Å². The predicted octanol–water partition coefficient (Wildman–Crippen LogP) is 2.99. The SMILES string of the molecule is Cc1cncc(/C=C/C(=O)N2CCc3ccccc3C2)c1. The minimum Gasteiger partial charge on any atom is -0.334 e. The van der Waals surface area contributed by atoms with Crippen LogP contribution in [0.5, 0.6) is 0 Å². The molecule has 1 aromatic heterocycles. The molecule has 2 heterocycles. The molecule has 1 amide bonds. The summed E-state index contributed by atoms with van der Waals surface area (Å²) in [4.78, 5) is 18.3. The molecule has 0 N–H and O–H groups in total. The predicted molar refractivity (Wildman–Crippen MR) is 83.6 cm³/mol. The van der Waals surface area contributed by atoms with E-state index in [9.17, 15) is 4.79 Å². The van der Waals surface area contributed by atoms with Crippen molar-refractivity contribution in [1.82, 2.24) is 9.88 Å². The Bertz CT molecular complexity index is 691. The number of nitrogens with zero attached hydrogens (tertiary/aromatic N) is 2. The number of aromatic nitrogens is 1. The smallest absolute Gasteiger partial charge is 0.246 e. The van der Waals surface area contributed by atoms with Crippen LogP contribution in [0, 0.1) is 6.92 Å². The highest BCUT2D eigenvalue weighted by Gasteiger charge is 2.18. The normalized spacial score (nSPS) is 14.2. The Kier molecular flexibility index (Phi) is 3.82. The van der Waals surface area contributed by atoms with Gasteiger partial charge < -0.3 is 4.90 Å². The molecular weight excluding hydrogens is 260 g/mol. The number of carbonyl (C=O) groups is 1. The quantitative estimate of drug-likeness (QED) is 0.791. The molecule has 1 aliphatic rings. The number of aryl methyl sites for hydroxylation is 1. The van der Waals surface area contributed by atoms with Crippen molar-refractivity contribution < 1.29 is 4.79 Å². The van der Waals surface area contributed by atoms with Gasteiger partial charge in [-0.05, 0) is 47.7 Å². The maximum Gasteiger partial charge on any atom is 0.246 e. The van der Waals surface area contributed by atoms with E-state index in [4.69, 9.17) is 0 Å². The molecule has 0 saturated heterocycles. The van der Waals surface area contributed by atoms with E-state index >= 15 is 0 Å². The number of rotatable bonds is 2. The van der Waals surface area contributed by atoms with Gasteiger partial charge in [-0.3, -0.25) is 9.78 Å². The molecule has 1 aliphatic heterocycles. The van der Waals surface area contributed by atoms with Crippen LogP contribution < -0.4 is 0 Å². The van der Waals surface area contributed by atoms with Crippen molar-refractivity contribution in [1.29, 1.82) is 0 Å². The van der Waals surface area contributed by atoms with Crippen LogP contribution in [-0.2, 0) is 17.8 Å². The van der Waals surface area contributed by atoms with E-state index in [1.54, 1.807) is 18.5 Å². The van der Waals surface area contributed by atoms with Gasteiger partial charge in [0.1, 0.15) is 0 Å². The van der Waals surface area contributed by atoms with Gasteiger partial charge in [0.05, 0.1) is 0 Å². The Morgan fingerprint density at radius 3 is 2.86 bits per heavy atom. The first-order valence-corrected chi connectivity index (χ1v) is 7.18. The molecular formula is C18H18N2O. The first-order valence-electron chi connectivity index (χ1n) is 7.18. The Labute approximate surface area is 124 Å². The molecule has 0 fully saturated rings. The third-order valence-electron chi connectivity index (χ3n) is 3.76. The van der Waals surface area contributed by atoms with Gasteiger partial charge in [-0.2, -0.15) is 0 Å². The van der Waals surface area contributed by atoms with Gasteiger partial charge in [-0.25, -0.2) is 0 Å². The van der Waals surface area contributed by atoms with Crippen molar-refractivity contribution in [2.24, 2.45) is 0 Å². The van der Waals surface area contributed by atoms with Crippen LogP contribution in [0.3, 0.4) is 0 Å². The monoisotopic (exact) mass is 278 g/mol. The highest BCUT2D eigenvalue weighted by Crippen LogP contribution is 2.18. The number of benzene rings is 1. The minimum absolute atomic E-state index is 0.0611. The first-order chi connectivity index (χ1) is 10.2. The lowest BCUT2D eigenvalue weighted by molar-refractivity contribution is -0.126. The number of amides is 1. The molecule has 3 heteroatoms. The molecule has 0 unspecified atom stereocenters. The lowest BCUT2D eigenvalue weighted by Crippen LogP contribution is -2.34. The van der Waals surface area contributed by atoms with Gasteiger partial charge in [0.15, 0.2) is 0 Å². The molecule has 0 atom stereocenters. The van der Waals surface area contributed by atoms with Gasteiger partial charge in [-0.1, -0.05) is 24.3 Å². The number of hydrogen-bond donors (Lipinski definition) is 0. The zero-order valence-electron chi connectivity index (χ0n) is 12.1. The van der Waals surface area contributed by atoms with Crippen molar-refractivity contribution in [3.05, 3.63) is 71.1 Å². The largest absolute Gasteiger partial charge is 0.334 e. The fourth-order valence-corrected chi connectivity index (χ4v) is 2.63. The first kappa shape index (κ1) is 13.6. The maximum absolute atomic E-state index is 12.3. The third-order valence-corrected chi connectivity index (χ3v) is 3.76. The van der Waals surface area contributed by atoms with Crippen LogP contribution in [0.25, 0.3) is 6.08 Å². The number of pyridine rings is 1.